The van der Waals surface area contributed by atoms with Gasteiger partial charge in [-0.05, 0) is 90.7 Å². The SMILES string of the molecule is CSc1ccc(Oc2ccc3c(c2)Cc2ccc(CCC(N)(CO)CO)cc2S3)cc1. The highest BCUT2D eigenvalue weighted by molar-refractivity contribution is 7.99. The molecule has 0 aliphatic carbocycles. The lowest BCUT2D eigenvalue weighted by atomic mass is 9.93. The van der Waals surface area contributed by atoms with E-state index in [9.17, 15) is 10.2 Å². The van der Waals surface area contributed by atoms with Crippen LogP contribution in [0.25, 0.3) is 0 Å². The van der Waals surface area contributed by atoms with Gasteiger partial charge in [-0.1, -0.05) is 23.9 Å². The Morgan fingerprint density at radius 1 is 0.935 bits per heavy atom. The minimum Gasteiger partial charge on any atom is -0.457 e. The van der Waals surface area contributed by atoms with Crippen LogP contribution >= 0.6 is 23.5 Å². The van der Waals surface area contributed by atoms with E-state index >= 15 is 0 Å². The Balaban J connectivity index is 1.46. The van der Waals surface area contributed by atoms with Crippen LogP contribution in [0.1, 0.15) is 23.1 Å². The number of hydrogen-bond donors (Lipinski definition) is 3. The molecule has 31 heavy (non-hydrogen) atoms. The molecule has 4 N–H and O–H groups in total. The number of nitrogens with two attached hydrogens (primary N) is 1. The first kappa shape index (κ1) is 22.2. The highest BCUT2D eigenvalue weighted by atomic mass is 32.2. The highest BCUT2D eigenvalue weighted by Gasteiger charge is 2.23. The van der Waals surface area contributed by atoms with Crippen molar-refractivity contribution >= 4 is 23.5 Å². The van der Waals surface area contributed by atoms with Crippen LogP contribution < -0.4 is 10.5 Å². The highest BCUT2D eigenvalue weighted by Crippen LogP contribution is 2.42. The van der Waals surface area contributed by atoms with E-state index in [-0.39, 0.29) is 13.2 Å². The smallest absolute Gasteiger partial charge is 0.127 e. The van der Waals surface area contributed by atoms with Crippen LogP contribution in [0.5, 0.6) is 11.5 Å². The maximum Gasteiger partial charge on any atom is 0.127 e. The molecular formula is C25H27NO3S2. The average molecular weight is 454 g/mol. The van der Waals surface area contributed by atoms with Crippen molar-refractivity contribution in [2.24, 2.45) is 5.73 Å². The zero-order valence-electron chi connectivity index (χ0n) is 17.5. The third kappa shape index (κ3) is 5.27. The molecule has 0 saturated heterocycles. The van der Waals surface area contributed by atoms with Gasteiger partial charge in [-0.25, -0.2) is 0 Å². The normalized spacial score (nSPS) is 12.9. The van der Waals surface area contributed by atoms with Gasteiger partial charge >= 0.3 is 0 Å². The summed E-state index contributed by atoms with van der Waals surface area (Å²) in [7, 11) is 0. The van der Waals surface area contributed by atoms with E-state index in [1.807, 2.05) is 18.2 Å². The molecule has 0 aromatic heterocycles. The fraction of sp³-hybridized carbons (Fsp3) is 0.280. The molecule has 6 heteroatoms. The summed E-state index contributed by atoms with van der Waals surface area (Å²) >= 11 is 3.49. The van der Waals surface area contributed by atoms with E-state index in [0.29, 0.717) is 6.42 Å². The third-order valence-corrected chi connectivity index (χ3v) is 7.56. The summed E-state index contributed by atoms with van der Waals surface area (Å²) in [5, 5.41) is 18.8. The fourth-order valence-corrected chi connectivity index (χ4v) is 5.08. The largest absolute Gasteiger partial charge is 0.457 e. The first-order chi connectivity index (χ1) is 15.0. The predicted octanol–water partition coefficient (Wildman–Crippen LogP) is 4.87. The summed E-state index contributed by atoms with van der Waals surface area (Å²) in [5.41, 5.74) is 8.81. The monoisotopic (exact) mass is 453 g/mol. The second kappa shape index (κ2) is 9.67. The van der Waals surface area contributed by atoms with Gasteiger partial charge in [0.05, 0.1) is 18.8 Å². The molecule has 1 heterocycles. The number of rotatable bonds is 8. The molecule has 3 aromatic carbocycles. The van der Waals surface area contributed by atoms with Crippen molar-refractivity contribution < 1.29 is 14.9 Å². The van der Waals surface area contributed by atoms with Crippen molar-refractivity contribution in [3.05, 3.63) is 77.4 Å². The van der Waals surface area contributed by atoms with Gasteiger partial charge in [0.15, 0.2) is 0 Å². The summed E-state index contributed by atoms with van der Waals surface area (Å²) in [6.07, 6.45) is 4.20. The van der Waals surface area contributed by atoms with Crippen molar-refractivity contribution in [1.82, 2.24) is 0 Å². The Hall–Kier alpha value is -1.96. The van der Waals surface area contributed by atoms with Crippen molar-refractivity contribution in [3.63, 3.8) is 0 Å². The lowest BCUT2D eigenvalue weighted by Gasteiger charge is -2.25. The van der Waals surface area contributed by atoms with Gasteiger partial charge in [-0.3, -0.25) is 0 Å². The van der Waals surface area contributed by atoms with Crippen LogP contribution in [0.15, 0.2) is 75.4 Å². The molecule has 162 valence electrons. The molecule has 0 atom stereocenters. The lowest BCUT2D eigenvalue weighted by molar-refractivity contribution is 0.115. The number of aryl methyl sites for hydroxylation is 1. The summed E-state index contributed by atoms with van der Waals surface area (Å²) in [6, 6.07) is 20.9. The maximum atomic E-state index is 9.40. The van der Waals surface area contributed by atoms with Crippen LogP contribution in [0, 0.1) is 0 Å². The number of fused-ring (bicyclic) bond motifs is 2. The molecule has 4 rings (SSSR count). The van der Waals surface area contributed by atoms with Crippen molar-refractivity contribution in [2.45, 2.75) is 39.5 Å². The van der Waals surface area contributed by atoms with Crippen molar-refractivity contribution in [2.75, 3.05) is 19.5 Å². The number of ether oxygens (including phenoxy) is 1. The van der Waals surface area contributed by atoms with Crippen molar-refractivity contribution in [1.29, 1.82) is 0 Å². The molecule has 0 bridgehead atoms. The molecule has 0 radical (unpaired) electrons. The Labute approximate surface area is 191 Å². The quantitative estimate of drug-likeness (QED) is 0.331. The molecule has 4 nitrogen and oxygen atoms in total. The molecule has 0 spiro atoms. The maximum absolute atomic E-state index is 9.40. The van der Waals surface area contributed by atoms with Gasteiger partial charge in [-0.2, -0.15) is 0 Å². The Bertz CT molecular complexity index is 1050. The Morgan fingerprint density at radius 2 is 1.68 bits per heavy atom. The summed E-state index contributed by atoms with van der Waals surface area (Å²) in [6.45, 7) is -0.439. The van der Waals surface area contributed by atoms with Gasteiger partial charge < -0.3 is 20.7 Å². The third-order valence-electron chi connectivity index (χ3n) is 5.60. The first-order valence-corrected chi connectivity index (χ1v) is 12.3. The molecule has 0 saturated carbocycles. The van der Waals surface area contributed by atoms with E-state index in [1.165, 1.54) is 31.4 Å². The van der Waals surface area contributed by atoms with Gasteiger partial charge in [0.2, 0.25) is 0 Å². The molecule has 0 amide bonds. The standard InChI is InChI=1S/C25H27NO3S2/c1-30-22-7-4-20(5-8-22)29-21-6-9-23-19(14-21)13-18-3-2-17(12-24(18)31-23)10-11-25(26,15-27)16-28/h2-9,12,14,27-28H,10-11,13,15-16,26H2,1H3. The minimum absolute atomic E-state index is 0.220. The number of thioether (sulfide) groups is 1. The van der Waals surface area contributed by atoms with E-state index in [0.717, 1.165) is 24.3 Å². The Kier molecular flexibility index (Phi) is 6.94. The first-order valence-electron chi connectivity index (χ1n) is 10.3. The Morgan fingerprint density at radius 3 is 2.39 bits per heavy atom. The van der Waals surface area contributed by atoms with Crippen LogP contribution in [-0.2, 0) is 12.8 Å². The molecular weight excluding hydrogens is 426 g/mol. The molecule has 1 aliphatic heterocycles. The molecule has 0 fully saturated rings. The summed E-state index contributed by atoms with van der Waals surface area (Å²) in [5.74, 6) is 1.69. The van der Waals surface area contributed by atoms with Gasteiger partial charge in [0.25, 0.3) is 0 Å². The number of aliphatic hydroxyl groups excluding tert-OH is 2. The average Bonchev–Trinajstić information content (AvgIpc) is 2.81. The van der Waals surface area contributed by atoms with E-state index in [1.54, 1.807) is 23.5 Å². The number of hydrogen-bond acceptors (Lipinski definition) is 6. The zero-order chi connectivity index (χ0) is 21.8. The number of aliphatic hydroxyl groups is 2. The number of benzene rings is 3. The van der Waals surface area contributed by atoms with E-state index < -0.39 is 5.54 Å². The second-order valence-corrected chi connectivity index (χ2v) is 9.91. The predicted molar refractivity (Wildman–Crippen MR) is 128 cm³/mol. The second-order valence-electron chi connectivity index (χ2n) is 7.95. The lowest BCUT2D eigenvalue weighted by Crippen LogP contribution is -2.47. The van der Waals surface area contributed by atoms with Gasteiger partial charge in [0, 0.05) is 14.7 Å². The summed E-state index contributed by atoms with van der Waals surface area (Å²) in [4.78, 5) is 3.71. The van der Waals surface area contributed by atoms with Crippen LogP contribution in [0.4, 0.5) is 0 Å². The van der Waals surface area contributed by atoms with Crippen LogP contribution in [0.3, 0.4) is 0 Å². The fourth-order valence-electron chi connectivity index (χ4n) is 3.56. The van der Waals surface area contributed by atoms with Crippen molar-refractivity contribution in [3.8, 4) is 11.5 Å². The van der Waals surface area contributed by atoms with E-state index in [4.69, 9.17) is 10.5 Å². The van der Waals surface area contributed by atoms with E-state index in [2.05, 4.69) is 48.7 Å². The van der Waals surface area contributed by atoms with Gasteiger partial charge in [-0.15, -0.1) is 11.8 Å². The summed E-state index contributed by atoms with van der Waals surface area (Å²) < 4.78 is 6.06. The van der Waals surface area contributed by atoms with Gasteiger partial charge in [0.1, 0.15) is 11.5 Å². The topological polar surface area (TPSA) is 75.7 Å². The zero-order valence-corrected chi connectivity index (χ0v) is 19.1. The molecule has 0 unspecified atom stereocenters. The molecule has 1 aliphatic rings. The minimum atomic E-state index is -0.929. The van der Waals surface area contributed by atoms with Crippen LogP contribution in [-0.4, -0.2) is 35.2 Å². The molecule has 3 aromatic rings. The van der Waals surface area contributed by atoms with Crippen LogP contribution in [0.2, 0.25) is 0 Å².